The fourth-order valence-corrected chi connectivity index (χ4v) is 2.77. The van der Waals surface area contributed by atoms with Crippen LogP contribution in [-0.2, 0) is 6.42 Å². The first kappa shape index (κ1) is 17.2. The monoisotopic (exact) mass is 279 g/mol. The second kappa shape index (κ2) is 9.98. The Bertz CT molecular complexity index is 342. The fourth-order valence-electron chi connectivity index (χ4n) is 2.77. The average molecular weight is 279 g/mol. The lowest BCUT2D eigenvalue weighted by atomic mass is 10.0. The number of rotatable bonds is 11. The van der Waals surface area contributed by atoms with Crippen molar-refractivity contribution in [3.63, 3.8) is 0 Å². The van der Waals surface area contributed by atoms with Crippen LogP contribution in [0.15, 0.2) is 12.3 Å². The summed E-state index contributed by atoms with van der Waals surface area (Å²) in [5, 5.41) is 8.21. The maximum atomic E-state index is 4.76. The smallest absolute Gasteiger partial charge is 0.0640 e. The van der Waals surface area contributed by atoms with Gasteiger partial charge >= 0.3 is 0 Å². The van der Waals surface area contributed by atoms with E-state index in [1.165, 1.54) is 37.8 Å². The number of hydrogen-bond acceptors (Lipinski definition) is 2. The summed E-state index contributed by atoms with van der Waals surface area (Å²) in [6.45, 7) is 6.74. The molecule has 0 aliphatic rings. The highest BCUT2D eigenvalue weighted by Gasteiger charge is 2.12. The molecule has 1 unspecified atom stereocenters. The van der Waals surface area contributed by atoms with Crippen molar-refractivity contribution in [2.24, 2.45) is 0 Å². The summed E-state index contributed by atoms with van der Waals surface area (Å²) in [6.07, 6.45) is 12.1. The van der Waals surface area contributed by atoms with E-state index in [0.29, 0.717) is 12.1 Å². The van der Waals surface area contributed by atoms with Gasteiger partial charge < -0.3 is 5.32 Å². The summed E-state index contributed by atoms with van der Waals surface area (Å²) in [6, 6.07) is 3.31. The molecule has 0 spiro atoms. The summed E-state index contributed by atoms with van der Waals surface area (Å²) in [4.78, 5) is 0. The third-order valence-corrected chi connectivity index (χ3v) is 4.25. The maximum Gasteiger partial charge on any atom is 0.0640 e. The van der Waals surface area contributed by atoms with E-state index >= 15 is 0 Å². The molecule has 20 heavy (non-hydrogen) atoms. The SMILES string of the molecule is CCCCCCC(Cc1ccn(C(CC)CC)n1)NC. The zero-order valence-electron chi connectivity index (χ0n) is 13.9. The first-order valence-electron chi connectivity index (χ1n) is 8.46. The van der Waals surface area contributed by atoms with Crippen molar-refractivity contribution in [2.45, 2.75) is 84.2 Å². The van der Waals surface area contributed by atoms with E-state index in [2.05, 4.69) is 50.1 Å². The molecule has 1 heterocycles. The standard InChI is InChI=1S/C17H33N3/c1-5-8-9-10-11-15(18-4)14-16-12-13-20(19-16)17(6-2)7-3/h12-13,15,17-18H,5-11,14H2,1-4H3. The van der Waals surface area contributed by atoms with E-state index in [1.54, 1.807) is 0 Å². The van der Waals surface area contributed by atoms with E-state index in [9.17, 15) is 0 Å². The van der Waals surface area contributed by atoms with Crippen LogP contribution in [0.5, 0.6) is 0 Å². The predicted octanol–water partition coefficient (Wildman–Crippen LogP) is 4.35. The van der Waals surface area contributed by atoms with Gasteiger partial charge in [-0.25, -0.2) is 0 Å². The van der Waals surface area contributed by atoms with Crippen molar-refractivity contribution in [1.82, 2.24) is 15.1 Å². The van der Waals surface area contributed by atoms with Crippen molar-refractivity contribution in [1.29, 1.82) is 0 Å². The van der Waals surface area contributed by atoms with Crippen molar-refractivity contribution in [3.05, 3.63) is 18.0 Å². The molecule has 0 bridgehead atoms. The number of nitrogens with zero attached hydrogens (tertiary/aromatic N) is 2. The molecule has 3 nitrogen and oxygen atoms in total. The number of likely N-dealkylation sites (N-methyl/N-ethyl adjacent to an activating group) is 1. The third-order valence-electron chi connectivity index (χ3n) is 4.25. The van der Waals surface area contributed by atoms with Crippen molar-refractivity contribution in [3.8, 4) is 0 Å². The van der Waals surface area contributed by atoms with Gasteiger partial charge in [0.2, 0.25) is 0 Å². The molecule has 0 aromatic carbocycles. The zero-order chi connectivity index (χ0) is 14.8. The van der Waals surface area contributed by atoms with Crippen LogP contribution in [0.2, 0.25) is 0 Å². The van der Waals surface area contributed by atoms with Crippen LogP contribution in [0, 0.1) is 0 Å². The van der Waals surface area contributed by atoms with Gasteiger partial charge in [-0.3, -0.25) is 4.68 Å². The molecule has 1 aromatic heterocycles. The number of hydrogen-bond donors (Lipinski definition) is 1. The van der Waals surface area contributed by atoms with E-state index in [0.717, 1.165) is 19.3 Å². The number of unbranched alkanes of at least 4 members (excludes halogenated alkanes) is 3. The first-order chi connectivity index (χ1) is 9.74. The highest BCUT2D eigenvalue weighted by Crippen LogP contribution is 2.16. The summed E-state index contributed by atoms with van der Waals surface area (Å²) >= 11 is 0. The van der Waals surface area contributed by atoms with Crippen molar-refractivity contribution >= 4 is 0 Å². The van der Waals surface area contributed by atoms with Gasteiger partial charge in [-0.15, -0.1) is 0 Å². The van der Waals surface area contributed by atoms with E-state index in [1.807, 2.05) is 0 Å². The molecule has 0 saturated heterocycles. The van der Waals surface area contributed by atoms with Gasteiger partial charge in [-0.2, -0.15) is 5.10 Å². The molecule has 116 valence electrons. The Hall–Kier alpha value is -0.830. The van der Waals surface area contributed by atoms with Crippen LogP contribution >= 0.6 is 0 Å². The van der Waals surface area contributed by atoms with Gasteiger partial charge in [0.15, 0.2) is 0 Å². The molecule has 0 radical (unpaired) electrons. The average Bonchev–Trinajstić information content (AvgIpc) is 2.92. The van der Waals surface area contributed by atoms with Crippen LogP contribution in [0.4, 0.5) is 0 Å². The van der Waals surface area contributed by atoms with Crippen molar-refractivity contribution < 1.29 is 0 Å². The molecule has 0 aliphatic heterocycles. The van der Waals surface area contributed by atoms with Gasteiger partial charge in [0.05, 0.1) is 11.7 Å². The summed E-state index contributed by atoms with van der Waals surface area (Å²) < 4.78 is 2.15. The van der Waals surface area contributed by atoms with Crippen molar-refractivity contribution in [2.75, 3.05) is 7.05 Å². The molecule has 1 rings (SSSR count). The maximum absolute atomic E-state index is 4.76. The van der Waals surface area contributed by atoms with Crippen LogP contribution in [0.1, 0.15) is 77.5 Å². The quantitative estimate of drug-likeness (QED) is 0.610. The highest BCUT2D eigenvalue weighted by atomic mass is 15.3. The Morgan fingerprint density at radius 2 is 1.90 bits per heavy atom. The van der Waals surface area contributed by atoms with E-state index in [4.69, 9.17) is 5.10 Å². The first-order valence-corrected chi connectivity index (χ1v) is 8.46. The zero-order valence-corrected chi connectivity index (χ0v) is 13.9. The van der Waals surface area contributed by atoms with Gasteiger partial charge in [-0.1, -0.05) is 46.5 Å². The minimum Gasteiger partial charge on any atom is -0.317 e. The second-order valence-electron chi connectivity index (χ2n) is 5.80. The van der Waals surface area contributed by atoms with Gasteiger partial charge in [0.1, 0.15) is 0 Å². The van der Waals surface area contributed by atoms with Crippen LogP contribution in [0.25, 0.3) is 0 Å². The van der Waals surface area contributed by atoms with Crippen LogP contribution in [0.3, 0.4) is 0 Å². The minimum atomic E-state index is 0.557. The van der Waals surface area contributed by atoms with Crippen LogP contribution < -0.4 is 5.32 Å². The fraction of sp³-hybridized carbons (Fsp3) is 0.824. The van der Waals surface area contributed by atoms with Crippen LogP contribution in [-0.4, -0.2) is 22.9 Å². The molecule has 0 fully saturated rings. The summed E-state index contributed by atoms with van der Waals surface area (Å²) in [5.74, 6) is 0. The molecule has 0 aliphatic carbocycles. The second-order valence-corrected chi connectivity index (χ2v) is 5.80. The topological polar surface area (TPSA) is 29.9 Å². The molecule has 1 N–H and O–H groups in total. The highest BCUT2D eigenvalue weighted by molar-refractivity contribution is 5.02. The molecular weight excluding hydrogens is 246 g/mol. The molecule has 3 heteroatoms. The molecule has 1 aromatic rings. The number of nitrogens with one attached hydrogen (secondary N) is 1. The Balaban J connectivity index is 2.44. The predicted molar refractivity (Wildman–Crippen MR) is 87.2 cm³/mol. The molecule has 0 amide bonds. The van der Waals surface area contributed by atoms with Gasteiger partial charge in [0, 0.05) is 18.7 Å². The molecular formula is C17H33N3. The normalized spacial score (nSPS) is 13.1. The Morgan fingerprint density at radius 3 is 2.50 bits per heavy atom. The summed E-state index contributed by atoms with van der Waals surface area (Å²) in [5.41, 5.74) is 1.23. The van der Waals surface area contributed by atoms with E-state index < -0.39 is 0 Å². The Kier molecular flexibility index (Phi) is 8.59. The largest absolute Gasteiger partial charge is 0.317 e. The lowest BCUT2D eigenvalue weighted by Gasteiger charge is -2.15. The Labute approximate surface area is 125 Å². The lowest BCUT2D eigenvalue weighted by Crippen LogP contribution is -2.27. The molecule has 0 saturated carbocycles. The van der Waals surface area contributed by atoms with Gasteiger partial charge in [0.25, 0.3) is 0 Å². The molecule has 1 atom stereocenters. The third kappa shape index (κ3) is 5.66. The minimum absolute atomic E-state index is 0.557. The number of aromatic nitrogens is 2. The Morgan fingerprint density at radius 1 is 1.15 bits per heavy atom. The summed E-state index contributed by atoms with van der Waals surface area (Å²) in [7, 11) is 2.07. The van der Waals surface area contributed by atoms with Gasteiger partial charge in [-0.05, 0) is 32.4 Å². The lowest BCUT2D eigenvalue weighted by molar-refractivity contribution is 0.420. The van der Waals surface area contributed by atoms with E-state index in [-0.39, 0.29) is 0 Å².